The van der Waals surface area contributed by atoms with Gasteiger partial charge < -0.3 is 14.6 Å². The van der Waals surface area contributed by atoms with Crippen LogP contribution in [0.5, 0.6) is 11.5 Å². The monoisotopic (exact) mass is 206 g/mol. The van der Waals surface area contributed by atoms with Crippen LogP contribution in [0.1, 0.15) is 25.3 Å². The first kappa shape index (κ1) is 9.04. The SMILES string of the molecule is C[C@](O)(c1ccc2c(c1)OCO2)C1CC1. The quantitative estimate of drug-likeness (QED) is 0.804. The highest BCUT2D eigenvalue weighted by Gasteiger charge is 2.41. The Morgan fingerprint density at radius 2 is 2.00 bits per heavy atom. The van der Waals surface area contributed by atoms with E-state index in [1.807, 2.05) is 25.1 Å². The van der Waals surface area contributed by atoms with Gasteiger partial charge >= 0.3 is 0 Å². The Kier molecular flexibility index (Phi) is 1.74. The van der Waals surface area contributed by atoms with Crippen LogP contribution in [-0.4, -0.2) is 11.9 Å². The van der Waals surface area contributed by atoms with Gasteiger partial charge in [-0.15, -0.1) is 0 Å². The molecule has 0 radical (unpaired) electrons. The Hall–Kier alpha value is -1.22. The normalized spacial score (nSPS) is 22.5. The number of fused-ring (bicyclic) bond motifs is 1. The van der Waals surface area contributed by atoms with E-state index in [2.05, 4.69) is 0 Å². The van der Waals surface area contributed by atoms with Gasteiger partial charge in [0.1, 0.15) is 0 Å². The van der Waals surface area contributed by atoms with Crippen LogP contribution in [0.4, 0.5) is 0 Å². The van der Waals surface area contributed by atoms with Crippen molar-refractivity contribution in [1.29, 1.82) is 0 Å². The summed E-state index contributed by atoms with van der Waals surface area (Å²) >= 11 is 0. The van der Waals surface area contributed by atoms with Crippen LogP contribution >= 0.6 is 0 Å². The van der Waals surface area contributed by atoms with Gasteiger partial charge in [0, 0.05) is 0 Å². The fourth-order valence-electron chi connectivity index (χ4n) is 2.09. The topological polar surface area (TPSA) is 38.7 Å². The highest BCUT2D eigenvalue weighted by Crippen LogP contribution is 2.47. The summed E-state index contributed by atoms with van der Waals surface area (Å²) in [7, 11) is 0. The van der Waals surface area contributed by atoms with Crippen molar-refractivity contribution in [3.63, 3.8) is 0 Å². The molecule has 1 aromatic carbocycles. The Morgan fingerprint density at radius 3 is 2.73 bits per heavy atom. The van der Waals surface area contributed by atoms with E-state index < -0.39 is 5.60 Å². The van der Waals surface area contributed by atoms with Gasteiger partial charge in [0.05, 0.1) is 5.60 Å². The van der Waals surface area contributed by atoms with Crippen molar-refractivity contribution >= 4 is 0 Å². The van der Waals surface area contributed by atoms with Crippen LogP contribution in [0.2, 0.25) is 0 Å². The molecule has 3 nitrogen and oxygen atoms in total. The molecule has 1 atom stereocenters. The number of hydrogen-bond acceptors (Lipinski definition) is 3. The fourth-order valence-corrected chi connectivity index (χ4v) is 2.09. The van der Waals surface area contributed by atoms with Crippen molar-refractivity contribution in [3.8, 4) is 11.5 Å². The minimum Gasteiger partial charge on any atom is -0.454 e. The largest absolute Gasteiger partial charge is 0.454 e. The van der Waals surface area contributed by atoms with E-state index in [1.54, 1.807) is 0 Å². The lowest BCUT2D eigenvalue weighted by atomic mass is 9.91. The molecule has 0 bridgehead atoms. The molecule has 1 aromatic rings. The zero-order valence-electron chi connectivity index (χ0n) is 8.69. The smallest absolute Gasteiger partial charge is 0.231 e. The summed E-state index contributed by atoms with van der Waals surface area (Å²) in [6, 6.07) is 5.68. The predicted octanol–water partition coefficient (Wildman–Crippen LogP) is 2.03. The first-order valence-corrected chi connectivity index (χ1v) is 5.30. The molecule has 1 heterocycles. The second kappa shape index (κ2) is 2.89. The van der Waals surface area contributed by atoms with Gasteiger partial charge in [0.15, 0.2) is 11.5 Å². The van der Waals surface area contributed by atoms with Crippen molar-refractivity contribution in [1.82, 2.24) is 0 Å². The number of aliphatic hydroxyl groups is 1. The fraction of sp³-hybridized carbons (Fsp3) is 0.500. The number of ether oxygens (including phenoxy) is 2. The molecule has 0 aromatic heterocycles. The van der Waals surface area contributed by atoms with Crippen LogP contribution in [0.15, 0.2) is 18.2 Å². The van der Waals surface area contributed by atoms with Crippen LogP contribution in [0.3, 0.4) is 0 Å². The molecular weight excluding hydrogens is 192 g/mol. The molecule has 0 amide bonds. The zero-order chi connectivity index (χ0) is 10.5. The average Bonchev–Trinajstić information content (AvgIpc) is 2.97. The van der Waals surface area contributed by atoms with E-state index in [0.717, 1.165) is 29.9 Å². The second-order valence-electron chi connectivity index (χ2n) is 4.49. The molecule has 3 rings (SSSR count). The van der Waals surface area contributed by atoms with E-state index in [-0.39, 0.29) is 6.79 Å². The van der Waals surface area contributed by atoms with E-state index in [0.29, 0.717) is 5.92 Å². The van der Waals surface area contributed by atoms with Crippen LogP contribution in [-0.2, 0) is 5.60 Å². The van der Waals surface area contributed by atoms with Gasteiger partial charge in [-0.2, -0.15) is 0 Å². The molecule has 80 valence electrons. The zero-order valence-corrected chi connectivity index (χ0v) is 8.69. The number of benzene rings is 1. The van der Waals surface area contributed by atoms with Crippen LogP contribution < -0.4 is 9.47 Å². The third kappa shape index (κ3) is 1.38. The van der Waals surface area contributed by atoms with E-state index in [9.17, 15) is 5.11 Å². The first-order chi connectivity index (χ1) is 7.18. The molecule has 3 heteroatoms. The Balaban J connectivity index is 1.98. The summed E-state index contributed by atoms with van der Waals surface area (Å²) in [5, 5.41) is 10.4. The van der Waals surface area contributed by atoms with Gasteiger partial charge in [0.25, 0.3) is 0 Å². The summed E-state index contributed by atoms with van der Waals surface area (Å²) in [5.74, 6) is 1.91. The highest BCUT2D eigenvalue weighted by atomic mass is 16.7. The standard InChI is InChI=1S/C12H14O3/c1-12(13,8-2-3-8)9-4-5-10-11(6-9)15-7-14-10/h4-6,8,13H,2-3,7H2,1H3/t12-/m1/s1. The minimum atomic E-state index is -0.721. The van der Waals surface area contributed by atoms with Crippen molar-refractivity contribution in [3.05, 3.63) is 23.8 Å². The minimum absolute atomic E-state index is 0.282. The summed E-state index contributed by atoms with van der Waals surface area (Å²) in [5.41, 5.74) is 0.204. The van der Waals surface area contributed by atoms with Gasteiger partial charge in [-0.05, 0) is 43.4 Å². The lowest BCUT2D eigenvalue weighted by Crippen LogP contribution is -2.23. The molecule has 1 saturated carbocycles. The molecule has 0 spiro atoms. The summed E-state index contributed by atoms with van der Waals surface area (Å²) in [6.07, 6.45) is 2.23. The van der Waals surface area contributed by atoms with Crippen molar-refractivity contribution < 1.29 is 14.6 Å². The molecule has 2 aliphatic rings. The molecule has 1 aliphatic heterocycles. The van der Waals surface area contributed by atoms with Gasteiger partial charge in [-0.3, -0.25) is 0 Å². The maximum atomic E-state index is 10.4. The Labute approximate surface area is 88.6 Å². The molecule has 1 N–H and O–H groups in total. The molecule has 1 aliphatic carbocycles. The number of hydrogen-bond donors (Lipinski definition) is 1. The Morgan fingerprint density at radius 1 is 1.27 bits per heavy atom. The molecule has 15 heavy (non-hydrogen) atoms. The highest BCUT2D eigenvalue weighted by molar-refractivity contribution is 5.46. The Bertz CT molecular complexity index is 394. The molecule has 0 saturated heterocycles. The van der Waals surface area contributed by atoms with Crippen molar-refractivity contribution in [2.45, 2.75) is 25.4 Å². The second-order valence-corrected chi connectivity index (χ2v) is 4.49. The van der Waals surface area contributed by atoms with Gasteiger partial charge in [-0.25, -0.2) is 0 Å². The summed E-state index contributed by atoms with van der Waals surface area (Å²) in [6.45, 7) is 2.16. The van der Waals surface area contributed by atoms with Crippen LogP contribution in [0, 0.1) is 5.92 Å². The average molecular weight is 206 g/mol. The third-order valence-corrected chi connectivity index (χ3v) is 3.33. The van der Waals surface area contributed by atoms with E-state index in [4.69, 9.17) is 9.47 Å². The summed E-state index contributed by atoms with van der Waals surface area (Å²) < 4.78 is 10.5. The maximum absolute atomic E-state index is 10.4. The molecular formula is C12H14O3. The van der Waals surface area contributed by atoms with Crippen molar-refractivity contribution in [2.75, 3.05) is 6.79 Å². The molecule has 1 fully saturated rings. The van der Waals surface area contributed by atoms with E-state index >= 15 is 0 Å². The van der Waals surface area contributed by atoms with Crippen molar-refractivity contribution in [2.24, 2.45) is 5.92 Å². The van der Waals surface area contributed by atoms with Gasteiger partial charge in [-0.1, -0.05) is 6.07 Å². The lowest BCUT2D eigenvalue weighted by molar-refractivity contribution is 0.0329. The van der Waals surface area contributed by atoms with Gasteiger partial charge in [0.2, 0.25) is 6.79 Å². The third-order valence-electron chi connectivity index (χ3n) is 3.33. The first-order valence-electron chi connectivity index (χ1n) is 5.30. The number of rotatable bonds is 2. The lowest BCUT2D eigenvalue weighted by Gasteiger charge is -2.23. The summed E-state index contributed by atoms with van der Waals surface area (Å²) in [4.78, 5) is 0. The predicted molar refractivity (Wildman–Crippen MR) is 54.9 cm³/mol. The maximum Gasteiger partial charge on any atom is 0.231 e. The molecule has 0 unspecified atom stereocenters. The van der Waals surface area contributed by atoms with E-state index in [1.165, 1.54) is 0 Å². The van der Waals surface area contributed by atoms with Crippen LogP contribution in [0.25, 0.3) is 0 Å².